The van der Waals surface area contributed by atoms with Crippen LogP contribution >= 0.6 is 0 Å². The van der Waals surface area contributed by atoms with Crippen LogP contribution in [0.4, 0.5) is 9.18 Å². The molecule has 1 aromatic heterocycles. The van der Waals surface area contributed by atoms with Gasteiger partial charge >= 0.3 is 6.09 Å². The van der Waals surface area contributed by atoms with Gasteiger partial charge in [0.25, 0.3) is 0 Å². The summed E-state index contributed by atoms with van der Waals surface area (Å²) in [6.45, 7) is 5.46. The zero-order valence-corrected chi connectivity index (χ0v) is 9.58. The molecule has 5 heteroatoms. The van der Waals surface area contributed by atoms with Gasteiger partial charge in [-0.25, -0.2) is 9.78 Å². The lowest BCUT2D eigenvalue weighted by atomic mass is 10.2. The summed E-state index contributed by atoms with van der Waals surface area (Å²) >= 11 is 0. The van der Waals surface area contributed by atoms with Gasteiger partial charge in [0.2, 0.25) is 5.95 Å². The van der Waals surface area contributed by atoms with Crippen molar-refractivity contribution in [1.29, 1.82) is 0 Å². The van der Waals surface area contributed by atoms with E-state index in [4.69, 9.17) is 4.74 Å². The van der Waals surface area contributed by atoms with E-state index >= 15 is 0 Å². The van der Waals surface area contributed by atoms with E-state index in [2.05, 4.69) is 10.3 Å². The summed E-state index contributed by atoms with van der Waals surface area (Å²) in [6, 6.07) is 4.41. The average Bonchev–Trinajstić information content (AvgIpc) is 2.12. The fourth-order valence-electron chi connectivity index (χ4n) is 1.03. The van der Waals surface area contributed by atoms with Crippen LogP contribution in [-0.2, 0) is 11.3 Å². The predicted molar refractivity (Wildman–Crippen MR) is 57.3 cm³/mol. The number of amides is 1. The Morgan fingerprint density at radius 2 is 2.19 bits per heavy atom. The number of hydrogen-bond acceptors (Lipinski definition) is 3. The molecule has 88 valence electrons. The van der Waals surface area contributed by atoms with Gasteiger partial charge in [-0.2, -0.15) is 4.39 Å². The highest BCUT2D eigenvalue weighted by atomic mass is 19.1. The Morgan fingerprint density at radius 1 is 1.50 bits per heavy atom. The van der Waals surface area contributed by atoms with Crippen LogP contribution in [-0.4, -0.2) is 16.7 Å². The van der Waals surface area contributed by atoms with Crippen LogP contribution < -0.4 is 5.32 Å². The first-order chi connectivity index (χ1) is 7.37. The number of alkyl carbamates (subject to hydrolysis) is 1. The Hall–Kier alpha value is -1.65. The summed E-state index contributed by atoms with van der Waals surface area (Å²) in [7, 11) is 0. The lowest BCUT2D eigenvalue weighted by Gasteiger charge is -2.19. The zero-order valence-electron chi connectivity index (χ0n) is 9.58. The van der Waals surface area contributed by atoms with Crippen molar-refractivity contribution >= 4 is 6.09 Å². The van der Waals surface area contributed by atoms with E-state index in [1.165, 1.54) is 12.1 Å². The molecule has 0 radical (unpaired) electrons. The highest BCUT2D eigenvalue weighted by Crippen LogP contribution is 2.06. The second-order valence-corrected chi connectivity index (χ2v) is 4.31. The summed E-state index contributed by atoms with van der Waals surface area (Å²) in [5.41, 5.74) is -0.0923. The minimum Gasteiger partial charge on any atom is -0.444 e. The summed E-state index contributed by atoms with van der Waals surface area (Å²) in [6.07, 6.45) is -0.543. The van der Waals surface area contributed by atoms with E-state index in [1.807, 2.05) is 0 Å². The van der Waals surface area contributed by atoms with Crippen molar-refractivity contribution < 1.29 is 13.9 Å². The lowest BCUT2D eigenvalue weighted by molar-refractivity contribution is 0.0522. The molecule has 0 atom stereocenters. The van der Waals surface area contributed by atoms with Crippen LogP contribution in [0.2, 0.25) is 0 Å². The molecule has 1 aromatic rings. The number of nitrogens with one attached hydrogen (secondary N) is 1. The molecule has 0 aliphatic heterocycles. The van der Waals surface area contributed by atoms with Crippen LogP contribution in [0.1, 0.15) is 26.5 Å². The molecule has 0 saturated heterocycles. The van der Waals surface area contributed by atoms with Crippen molar-refractivity contribution in [2.24, 2.45) is 0 Å². The molecule has 16 heavy (non-hydrogen) atoms. The van der Waals surface area contributed by atoms with Gasteiger partial charge in [-0.1, -0.05) is 6.07 Å². The van der Waals surface area contributed by atoms with Gasteiger partial charge in [0.05, 0.1) is 12.2 Å². The number of pyridine rings is 1. The fourth-order valence-corrected chi connectivity index (χ4v) is 1.03. The third kappa shape index (κ3) is 4.72. The first kappa shape index (κ1) is 12.4. The zero-order chi connectivity index (χ0) is 12.2. The van der Waals surface area contributed by atoms with E-state index in [-0.39, 0.29) is 6.54 Å². The average molecular weight is 226 g/mol. The number of nitrogens with zero attached hydrogens (tertiary/aromatic N) is 1. The molecule has 0 unspecified atom stereocenters. The van der Waals surface area contributed by atoms with Gasteiger partial charge in [-0.05, 0) is 32.9 Å². The molecule has 0 spiro atoms. The van der Waals surface area contributed by atoms with Crippen LogP contribution in [0.5, 0.6) is 0 Å². The van der Waals surface area contributed by atoms with Gasteiger partial charge in [-0.15, -0.1) is 0 Å². The molecule has 1 rings (SSSR count). The van der Waals surface area contributed by atoms with Crippen LogP contribution in [0.25, 0.3) is 0 Å². The van der Waals surface area contributed by atoms with Crippen LogP contribution in [0.15, 0.2) is 18.2 Å². The molecule has 0 aromatic carbocycles. The number of rotatable bonds is 2. The summed E-state index contributed by atoms with van der Waals surface area (Å²) < 4.78 is 17.7. The Kier molecular flexibility index (Phi) is 3.82. The highest BCUT2D eigenvalue weighted by Gasteiger charge is 2.15. The predicted octanol–water partition coefficient (Wildman–Crippen LogP) is 2.25. The summed E-state index contributed by atoms with van der Waals surface area (Å²) in [5.74, 6) is -0.566. The van der Waals surface area contributed by atoms with E-state index in [1.54, 1.807) is 26.8 Å². The van der Waals surface area contributed by atoms with Crippen LogP contribution in [0.3, 0.4) is 0 Å². The fraction of sp³-hybridized carbons (Fsp3) is 0.455. The molecular formula is C11H15FN2O2. The molecule has 0 fully saturated rings. The van der Waals surface area contributed by atoms with Gasteiger partial charge in [0.15, 0.2) is 0 Å². The normalized spacial score (nSPS) is 11.0. The van der Waals surface area contributed by atoms with Crippen molar-refractivity contribution in [2.75, 3.05) is 0 Å². The maximum absolute atomic E-state index is 12.7. The number of aromatic nitrogens is 1. The van der Waals surface area contributed by atoms with Crippen LogP contribution in [0, 0.1) is 5.95 Å². The molecule has 1 heterocycles. The van der Waals surface area contributed by atoms with Crippen molar-refractivity contribution in [1.82, 2.24) is 10.3 Å². The Balaban J connectivity index is 2.43. The van der Waals surface area contributed by atoms with E-state index < -0.39 is 17.6 Å². The number of carbonyl (C=O) groups excluding carboxylic acids is 1. The maximum Gasteiger partial charge on any atom is 0.407 e. The first-order valence-corrected chi connectivity index (χ1v) is 4.95. The van der Waals surface area contributed by atoms with Gasteiger partial charge < -0.3 is 10.1 Å². The largest absolute Gasteiger partial charge is 0.444 e. The molecule has 1 amide bonds. The molecule has 0 bridgehead atoms. The molecular weight excluding hydrogens is 211 g/mol. The highest BCUT2D eigenvalue weighted by molar-refractivity contribution is 5.67. The third-order valence-corrected chi connectivity index (χ3v) is 1.59. The van der Waals surface area contributed by atoms with Gasteiger partial charge in [-0.3, -0.25) is 0 Å². The van der Waals surface area contributed by atoms with E-state index in [9.17, 15) is 9.18 Å². The Bertz CT molecular complexity index is 374. The monoisotopic (exact) mass is 226 g/mol. The smallest absolute Gasteiger partial charge is 0.407 e. The number of halogens is 1. The molecule has 0 aliphatic carbocycles. The van der Waals surface area contributed by atoms with Crippen molar-refractivity contribution in [3.8, 4) is 0 Å². The van der Waals surface area contributed by atoms with Crippen molar-refractivity contribution in [2.45, 2.75) is 32.9 Å². The second-order valence-electron chi connectivity index (χ2n) is 4.31. The number of carbonyl (C=O) groups is 1. The topological polar surface area (TPSA) is 51.2 Å². The van der Waals surface area contributed by atoms with E-state index in [0.717, 1.165) is 0 Å². The maximum atomic E-state index is 12.7. The minimum atomic E-state index is -0.566. The van der Waals surface area contributed by atoms with Crippen molar-refractivity contribution in [3.05, 3.63) is 29.8 Å². The lowest BCUT2D eigenvalue weighted by Crippen LogP contribution is -2.32. The molecule has 0 aliphatic rings. The number of ether oxygens (including phenoxy) is 1. The van der Waals surface area contributed by atoms with Gasteiger partial charge in [0, 0.05) is 0 Å². The van der Waals surface area contributed by atoms with E-state index in [0.29, 0.717) is 5.69 Å². The van der Waals surface area contributed by atoms with Crippen molar-refractivity contribution in [3.63, 3.8) is 0 Å². The SMILES string of the molecule is CC(C)(C)OC(=O)NCc1cccc(F)n1. The summed E-state index contributed by atoms with van der Waals surface area (Å²) in [4.78, 5) is 14.9. The molecule has 4 nitrogen and oxygen atoms in total. The van der Waals surface area contributed by atoms with Gasteiger partial charge in [0.1, 0.15) is 5.60 Å². The Labute approximate surface area is 93.8 Å². The third-order valence-electron chi connectivity index (χ3n) is 1.59. The second kappa shape index (κ2) is 4.92. The minimum absolute atomic E-state index is 0.146. The number of hydrogen-bond donors (Lipinski definition) is 1. The quantitative estimate of drug-likeness (QED) is 0.787. The summed E-state index contributed by atoms with van der Waals surface area (Å²) in [5, 5.41) is 2.49. The molecule has 0 saturated carbocycles. The standard InChI is InChI=1S/C11H15FN2O2/c1-11(2,3)16-10(15)13-7-8-5-4-6-9(12)14-8/h4-6H,7H2,1-3H3,(H,13,15). The Morgan fingerprint density at radius 3 is 2.75 bits per heavy atom. The molecule has 1 N–H and O–H groups in total. The first-order valence-electron chi connectivity index (χ1n) is 4.95.